The molecule has 0 amide bonds. The maximum atomic E-state index is 10.3. The van der Waals surface area contributed by atoms with Gasteiger partial charge in [-0.15, -0.1) is 0 Å². The fraction of sp³-hybridized carbons (Fsp3) is 0. The summed E-state index contributed by atoms with van der Waals surface area (Å²) in [6, 6.07) is 16.4. The molecule has 0 aromatic heterocycles. The Kier molecular flexibility index (Phi) is 4.92. The molecule has 4 aromatic carbocycles. The lowest BCUT2D eigenvalue weighted by Gasteiger charge is -2.16. The summed E-state index contributed by atoms with van der Waals surface area (Å²) in [5.74, 6) is -0.150. The smallest absolute Gasteiger partial charge is 0.135 e. The summed E-state index contributed by atoms with van der Waals surface area (Å²) in [5.41, 5.74) is 1.05. The van der Waals surface area contributed by atoms with Crippen molar-refractivity contribution in [3.63, 3.8) is 0 Å². The minimum atomic E-state index is -0.134. The van der Waals surface area contributed by atoms with Gasteiger partial charge in [-0.1, -0.05) is 0 Å². The molecule has 6 N–H and O–H groups in total. The van der Waals surface area contributed by atoms with Crippen molar-refractivity contribution in [3.05, 3.63) is 72.8 Å². The van der Waals surface area contributed by atoms with E-state index in [0.29, 0.717) is 11.1 Å². The van der Waals surface area contributed by atoms with Gasteiger partial charge in [0.25, 0.3) is 0 Å². The van der Waals surface area contributed by atoms with Crippen LogP contribution < -0.4 is 4.74 Å². The van der Waals surface area contributed by atoms with E-state index in [4.69, 9.17) is 4.74 Å². The van der Waals surface area contributed by atoms with E-state index in [1.165, 1.54) is 72.8 Å². The molecule has 0 unspecified atom stereocenters. The van der Waals surface area contributed by atoms with Crippen molar-refractivity contribution < 1.29 is 35.4 Å². The van der Waals surface area contributed by atoms with Crippen LogP contribution in [0.15, 0.2) is 72.8 Å². The third-order valence-corrected chi connectivity index (χ3v) is 4.69. The van der Waals surface area contributed by atoms with Crippen molar-refractivity contribution in [1.82, 2.24) is 0 Å². The molecule has 0 saturated carbocycles. The van der Waals surface area contributed by atoms with Gasteiger partial charge in [0, 0.05) is 22.3 Å². The van der Waals surface area contributed by atoms with Crippen LogP contribution in [0.25, 0.3) is 22.3 Å². The van der Waals surface area contributed by atoms with Gasteiger partial charge < -0.3 is 35.4 Å². The minimum Gasteiger partial charge on any atom is -0.508 e. The van der Waals surface area contributed by atoms with Gasteiger partial charge in [0.15, 0.2) is 0 Å². The van der Waals surface area contributed by atoms with Crippen LogP contribution in [0.2, 0.25) is 0 Å². The molecule has 31 heavy (non-hydrogen) atoms. The lowest BCUT2D eigenvalue weighted by molar-refractivity contribution is 0.454. The molecule has 0 aliphatic heterocycles. The molecular formula is C24H18O7. The van der Waals surface area contributed by atoms with Gasteiger partial charge in [0.2, 0.25) is 0 Å². The van der Waals surface area contributed by atoms with Crippen molar-refractivity contribution in [1.29, 1.82) is 0 Å². The van der Waals surface area contributed by atoms with E-state index in [1.807, 2.05) is 0 Å². The van der Waals surface area contributed by atoms with E-state index in [-0.39, 0.29) is 57.1 Å². The number of ether oxygens (including phenoxy) is 1. The largest absolute Gasteiger partial charge is 0.508 e. The zero-order valence-electron chi connectivity index (χ0n) is 16.0. The molecule has 4 rings (SSSR count). The van der Waals surface area contributed by atoms with Gasteiger partial charge in [-0.25, -0.2) is 0 Å². The molecule has 0 fully saturated rings. The molecular weight excluding hydrogens is 400 g/mol. The summed E-state index contributed by atoms with van der Waals surface area (Å²) in [7, 11) is 0. The Balaban J connectivity index is 1.87. The number of phenols is 6. The van der Waals surface area contributed by atoms with Gasteiger partial charge in [-0.3, -0.25) is 0 Å². The van der Waals surface area contributed by atoms with Crippen molar-refractivity contribution >= 4 is 0 Å². The van der Waals surface area contributed by atoms with E-state index in [0.717, 1.165) is 0 Å². The molecule has 0 aliphatic carbocycles. The zero-order valence-corrected chi connectivity index (χ0v) is 16.0. The standard InChI is InChI=1S/C24H18O7/c25-13-1-5-21(29)17(9-13)19-11-15(27)3-7-23(19)31-24-8-4-16(28)12-20(24)18-10-14(26)2-6-22(18)30/h1-12,25-30H. The normalized spacial score (nSPS) is 10.7. The SMILES string of the molecule is Oc1ccc(O)c(-c2cc(O)ccc2Oc2ccc(O)cc2-c2cc(O)ccc2O)c1. The Bertz CT molecular complexity index is 1180. The van der Waals surface area contributed by atoms with Crippen LogP contribution in [-0.2, 0) is 0 Å². The molecule has 156 valence electrons. The molecule has 0 bridgehead atoms. The highest BCUT2D eigenvalue weighted by molar-refractivity contribution is 5.81. The number of benzene rings is 4. The van der Waals surface area contributed by atoms with Crippen LogP contribution in [0.5, 0.6) is 46.0 Å². The number of aromatic hydroxyl groups is 6. The Morgan fingerprint density at radius 3 is 1.10 bits per heavy atom. The van der Waals surface area contributed by atoms with E-state index >= 15 is 0 Å². The number of rotatable bonds is 4. The predicted octanol–water partition coefficient (Wildman–Crippen LogP) is 5.05. The molecule has 7 nitrogen and oxygen atoms in total. The second kappa shape index (κ2) is 7.72. The van der Waals surface area contributed by atoms with Crippen molar-refractivity contribution in [2.45, 2.75) is 0 Å². The van der Waals surface area contributed by atoms with E-state index in [2.05, 4.69) is 0 Å². The van der Waals surface area contributed by atoms with Gasteiger partial charge in [0.1, 0.15) is 46.0 Å². The quantitative estimate of drug-likeness (QED) is 0.256. The average Bonchev–Trinajstić information content (AvgIpc) is 2.74. The second-order valence-corrected chi connectivity index (χ2v) is 6.87. The van der Waals surface area contributed by atoms with Crippen LogP contribution in [0.3, 0.4) is 0 Å². The first-order valence-corrected chi connectivity index (χ1v) is 9.20. The van der Waals surface area contributed by atoms with Crippen molar-refractivity contribution in [3.8, 4) is 68.2 Å². The molecule has 0 atom stereocenters. The van der Waals surface area contributed by atoms with E-state index in [9.17, 15) is 30.6 Å². The summed E-state index contributed by atoms with van der Waals surface area (Å²) >= 11 is 0. The zero-order chi connectivity index (χ0) is 22.1. The van der Waals surface area contributed by atoms with Crippen LogP contribution >= 0.6 is 0 Å². The molecule has 0 aliphatic rings. The van der Waals surface area contributed by atoms with Crippen molar-refractivity contribution in [2.24, 2.45) is 0 Å². The van der Waals surface area contributed by atoms with Crippen LogP contribution in [0, 0.1) is 0 Å². The Morgan fingerprint density at radius 2 is 0.710 bits per heavy atom. The summed E-state index contributed by atoms with van der Waals surface area (Å²) in [6.07, 6.45) is 0. The topological polar surface area (TPSA) is 131 Å². The van der Waals surface area contributed by atoms with E-state index < -0.39 is 0 Å². The molecule has 4 aromatic rings. The lowest BCUT2D eigenvalue weighted by atomic mass is 10.0. The molecule has 7 heteroatoms. The summed E-state index contributed by atoms with van der Waals surface area (Å²) in [5, 5.41) is 60.1. The number of phenolic OH excluding ortho intramolecular Hbond substituents is 6. The highest BCUT2D eigenvalue weighted by Gasteiger charge is 2.17. The average molecular weight is 418 g/mol. The molecule has 0 radical (unpaired) electrons. The van der Waals surface area contributed by atoms with Gasteiger partial charge in [-0.05, 0) is 72.8 Å². The predicted molar refractivity (Wildman–Crippen MR) is 114 cm³/mol. The molecule has 0 spiro atoms. The van der Waals surface area contributed by atoms with Gasteiger partial charge in [-0.2, -0.15) is 0 Å². The highest BCUT2D eigenvalue weighted by Crippen LogP contribution is 2.45. The number of hydrogen-bond acceptors (Lipinski definition) is 7. The molecule has 0 heterocycles. The first-order chi connectivity index (χ1) is 14.8. The Labute approximate surface area is 176 Å². The maximum absolute atomic E-state index is 10.3. The third-order valence-electron chi connectivity index (χ3n) is 4.69. The fourth-order valence-electron chi connectivity index (χ4n) is 3.23. The highest BCUT2D eigenvalue weighted by atomic mass is 16.5. The van der Waals surface area contributed by atoms with Crippen molar-refractivity contribution in [2.75, 3.05) is 0 Å². The Hall–Kier alpha value is -4.52. The second-order valence-electron chi connectivity index (χ2n) is 6.87. The van der Waals surface area contributed by atoms with E-state index in [1.54, 1.807) is 0 Å². The number of hydrogen-bond donors (Lipinski definition) is 6. The summed E-state index contributed by atoms with van der Waals surface area (Å²) < 4.78 is 6.04. The minimum absolute atomic E-state index is 0.0818. The third kappa shape index (κ3) is 3.97. The monoisotopic (exact) mass is 418 g/mol. The van der Waals surface area contributed by atoms with Gasteiger partial charge >= 0.3 is 0 Å². The molecule has 0 saturated heterocycles. The first-order valence-electron chi connectivity index (χ1n) is 9.20. The summed E-state index contributed by atoms with van der Waals surface area (Å²) in [6.45, 7) is 0. The fourth-order valence-corrected chi connectivity index (χ4v) is 3.23. The first kappa shape index (κ1) is 19.8. The van der Waals surface area contributed by atoms with Crippen LogP contribution in [0.4, 0.5) is 0 Å². The van der Waals surface area contributed by atoms with Gasteiger partial charge in [0.05, 0.1) is 0 Å². The Morgan fingerprint density at radius 1 is 0.387 bits per heavy atom. The summed E-state index contributed by atoms with van der Waals surface area (Å²) in [4.78, 5) is 0. The maximum Gasteiger partial charge on any atom is 0.135 e. The lowest BCUT2D eigenvalue weighted by Crippen LogP contribution is -1.92. The van der Waals surface area contributed by atoms with Crippen LogP contribution in [0.1, 0.15) is 0 Å². The van der Waals surface area contributed by atoms with Crippen LogP contribution in [-0.4, -0.2) is 30.6 Å².